The van der Waals surface area contributed by atoms with E-state index in [0.29, 0.717) is 0 Å². The summed E-state index contributed by atoms with van der Waals surface area (Å²) in [6.45, 7) is 5.65. The van der Waals surface area contributed by atoms with Crippen molar-refractivity contribution < 1.29 is 21.6 Å². The van der Waals surface area contributed by atoms with Gasteiger partial charge in [-0.05, 0) is 62.7 Å². The number of anilines is 1. The van der Waals surface area contributed by atoms with E-state index in [2.05, 4.69) is 9.62 Å². The number of nitrogens with one attached hydrogen (secondary N) is 1. The van der Waals surface area contributed by atoms with Crippen LogP contribution < -0.4 is 9.03 Å². The minimum atomic E-state index is -3.82. The van der Waals surface area contributed by atoms with Crippen molar-refractivity contribution in [1.82, 2.24) is 9.62 Å². The Hall–Kier alpha value is -2.27. The Morgan fingerprint density at radius 2 is 1.64 bits per heavy atom. The van der Waals surface area contributed by atoms with Crippen LogP contribution in [0.1, 0.15) is 36.9 Å². The zero-order valence-corrected chi connectivity index (χ0v) is 20.4. The fourth-order valence-corrected chi connectivity index (χ4v) is 7.28. The lowest BCUT2D eigenvalue weighted by atomic mass is 10.0. The highest BCUT2D eigenvalue weighted by Crippen LogP contribution is 2.29. The largest absolute Gasteiger partial charge is 0.295 e. The first-order valence-electron chi connectivity index (χ1n) is 11.1. The number of hydrogen-bond acceptors (Lipinski definition) is 6. The van der Waals surface area contributed by atoms with Crippen molar-refractivity contribution in [1.29, 1.82) is 0 Å². The molecular formula is C23H29N3O5S2. The van der Waals surface area contributed by atoms with E-state index in [9.17, 15) is 21.6 Å². The molecule has 0 spiro atoms. The van der Waals surface area contributed by atoms with E-state index in [-0.39, 0.29) is 28.9 Å². The Labute approximate surface area is 195 Å². The molecule has 0 bridgehead atoms. The van der Waals surface area contributed by atoms with Crippen LogP contribution in [0.3, 0.4) is 0 Å². The molecule has 178 valence electrons. The smallest absolute Gasteiger partial charge is 0.244 e. The second kappa shape index (κ2) is 9.17. The molecule has 0 aromatic heterocycles. The van der Waals surface area contributed by atoms with Crippen LogP contribution in [0.15, 0.2) is 53.4 Å². The quantitative estimate of drug-likeness (QED) is 0.638. The number of nitrogens with zero attached hydrogens (tertiary/aromatic N) is 2. The number of amides is 1. The van der Waals surface area contributed by atoms with E-state index >= 15 is 0 Å². The summed E-state index contributed by atoms with van der Waals surface area (Å²) in [6, 6.07) is 13.4. The van der Waals surface area contributed by atoms with Crippen LogP contribution in [0.2, 0.25) is 0 Å². The molecule has 1 N–H and O–H groups in total. The zero-order chi connectivity index (χ0) is 23.8. The minimum Gasteiger partial charge on any atom is -0.295 e. The molecule has 2 aromatic rings. The van der Waals surface area contributed by atoms with Gasteiger partial charge >= 0.3 is 0 Å². The van der Waals surface area contributed by atoms with Gasteiger partial charge in [-0.1, -0.05) is 36.8 Å². The van der Waals surface area contributed by atoms with Gasteiger partial charge in [0.2, 0.25) is 26.0 Å². The molecule has 0 radical (unpaired) electrons. The number of carbonyl (C=O) groups excluding carboxylic acids is 1. The summed E-state index contributed by atoms with van der Waals surface area (Å²) < 4.78 is 54.0. The molecule has 2 aliphatic heterocycles. The number of carbonyl (C=O) groups is 1. The Morgan fingerprint density at radius 1 is 1.03 bits per heavy atom. The topological polar surface area (TPSA) is 104 Å². The zero-order valence-electron chi connectivity index (χ0n) is 18.8. The van der Waals surface area contributed by atoms with Crippen LogP contribution in [0.25, 0.3) is 0 Å². The average Bonchev–Trinajstić information content (AvgIpc) is 3.36. The van der Waals surface area contributed by atoms with Gasteiger partial charge in [0.15, 0.2) is 0 Å². The molecule has 2 fully saturated rings. The van der Waals surface area contributed by atoms with E-state index in [0.717, 1.165) is 41.4 Å². The van der Waals surface area contributed by atoms with E-state index in [1.54, 1.807) is 6.92 Å². The summed E-state index contributed by atoms with van der Waals surface area (Å²) in [4.78, 5) is 14.6. The van der Waals surface area contributed by atoms with Gasteiger partial charge in [0.25, 0.3) is 0 Å². The summed E-state index contributed by atoms with van der Waals surface area (Å²) >= 11 is 0. The third-order valence-corrected chi connectivity index (χ3v) is 9.56. The summed E-state index contributed by atoms with van der Waals surface area (Å²) in [5.74, 6) is -1.37. The third-order valence-electron chi connectivity index (χ3n) is 6.25. The first-order chi connectivity index (χ1) is 15.6. The average molecular weight is 492 g/mol. The summed E-state index contributed by atoms with van der Waals surface area (Å²) in [5, 5.41) is 0. The second-order valence-electron chi connectivity index (χ2n) is 8.80. The summed E-state index contributed by atoms with van der Waals surface area (Å²) in [7, 11) is -7.56. The first kappa shape index (κ1) is 23.9. The second-order valence-corrected chi connectivity index (χ2v) is 12.4. The van der Waals surface area contributed by atoms with Crippen molar-refractivity contribution in [2.45, 2.75) is 37.6 Å². The van der Waals surface area contributed by atoms with Gasteiger partial charge in [0.05, 0.1) is 22.3 Å². The number of rotatable bonds is 7. The Kier molecular flexibility index (Phi) is 6.63. The number of sulfonamides is 2. The van der Waals surface area contributed by atoms with Gasteiger partial charge in [0.1, 0.15) is 0 Å². The highest BCUT2D eigenvalue weighted by atomic mass is 32.2. The summed E-state index contributed by atoms with van der Waals surface area (Å²) in [5.41, 5.74) is 2.36. The molecule has 2 unspecified atom stereocenters. The molecule has 2 aliphatic rings. The number of aryl methyl sites for hydroxylation is 1. The molecule has 0 aliphatic carbocycles. The van der Waals surface area contributed by atoms with Crippen molar-refractivity contribution in [2.24, 2.45) is 5.92 Å². The van der Waals surface area contributed by atoms with Crippen LogP contribution in [-0.2, 0) is 24.8 Å². The van der Waals surface area contributed by atoms with Crippen molar-refractivity contribution >= 4 is 31.6 Å². The fourth-order valence-electron chi connectivity index (χ4n) is 4.42. The van der Waals surface area contributed by atoms with E-state index in [1.165, 1.54) is 24.3 Å². The maximum absolute atomic E-state index is 13.0. The van der Waals surface area contributed by atoms with Crippen molar-refractivity contribution in [3.05, 3.63) is 59.7 Å². The maximum atomic E-state index is 13.0. The van der Waals surface area contributed by atoms with Crippen LogP contribution in [0, 0.1) is 12.8 Å². The molecule has 0 saturated carbocycles. The molecule has 4 rings (SSSR count). The van der Waals surface area contributed by atoms with Gasteiger partial charge in [-0.15, -0.1) is 0 Å². The molecule has 1 amide bonds. The molecule has 33 heavy (non-hydrogen) atoms. The van der Waals surface area contributed by atoms with Gasteiger partial charge in [-0.3, -0.25) is 9.69 Å². The molecule has 2 heterocycles. The third kappa shape index (κ3) is 4.98. The van der Waals surface area contributed by atoms with Gasteiger partial charge in [-0.2, -0.15) is 0 Å². The molecule has 2 aromatic carbocycles. The van der Waals surface area contributed by atoms with Gasteiger partial charge in [0, 0.05) is 12.6 Å². The van der Waals surface area contributed by atoms with Crippen LogP contribution in [0.4, 0.5) is 5.69 Å². The Balaban J connectivity index is 1.52. The van der Waals surface area contributed by atoms with Crippen LogP contribution >= 0.6 is 0 Å². The molecule has 8 nitrogen and oxygen atoms in total. The minimum absolute atomic E-state index is 0.0208. The lowest BCUT2D eigenvalue weighted by Gasteiger charge is -2.28. The van der Waals surface area contributed by atoms with Crippen molar-refractivity contribution in [3.8, 4) is 0 Å². The number of hydrogen-bond donors (Lipinski definition) is 1. The molecule has 10 heteroatoms. The predicted molar refractivity (Wildman–Crippen MR) is 127 cm³/mol. The van der Waals surface area contributed by atoms with Crippen molar-refractivity contribution in [3.63, 3.8) is 0 Å². The van der Waals surface area contributed by atoms with Crippen molar-refractivity contribution in [2.75, 3.05) is 29.7 Å². The molecule has 2 saturated heterocycles. The highest BCUT2D eigenvalue weighted by Gasteiger charge is 2.42. The van der Waals surface area contributed by atoms with Gasteiger partial charge in [-0.25, -0.2) is 25.9 Å². The van der Waals surface area contributed by atoms with E-state index in [4.69, 9.17) is 0 Å². The van der Waals surface area contributed by atoms with Crippen LogP contribution in [0.5, 0.6) is 0 Å². The predicted octanol–water partition coefficient (Wildman–Crippen LogP) is 2.42. The van der Waals surface area contributed by atoms with Crippen LogP contribution in [-0.4, -0.2) is 53.0 Å². The first-order valence-corrected chi connectivity index (χ1v) is 14.1. The maximum Gasteiger partial charge on any atom is 0.244 e. The Bertz CT molecular complexity index is 1220. The van der Waals surface area contributed by atoms with Gasteiger partial charge < -0.3 is 0 Å². The number of likely N-dealkylation sites (tertiary alicyclic amines) is 1. The lowest BCUT2D eigenvalue weighted by molar-refractivity contribution is -0.119. The standard InChI is InChI=1S/C23H29N3O5S2/c1-17-5-7-19(8-6-17)22(25-13-3-4-14-25)15-24-33(30,31)21-11-9-20(10-12-21)26-23(27)18(2)16-32(26,28)29/h5-12,18,22,24H,3-4,13-16H2,1-2H3. The highest BCUT2D eigenvalue weighted by molar-refractivity contribution is 7.94. The SMILES string of the molecule is Cc1ccc(C(CNS(=O)(=O)c2ccc(N3C(=O)C(C)CS3(=O)=O)cc2)N2CCCC2)cc1. The molecule has 2 atom stereocenters. The number of benzene rings is 2. The van der Waals surface area contributed by atoms with E-state index in [1.807, 2.05) is 31.2 Å². The van der Waals surface area contributed by atoms with E-state index < -0.39 is 31.9 Å². The Morgan fingerprint density at radius 3 is 2.18 bits per heavy atom. The monoisotopic (exact) mass is 491 g/mol. The summed E-state index contributed by atoms with van der Waals surface area (Å²) in [6.07, 6.45) is 2.18. The fraction of sp³-hybridized carbons (Fsp3) is 0.435. The normalized spacial score (nSPS) is 22.1. The molecular weight excluding hydrogens is 462 g/mol. The lowest BCUT2D eigenvalue weighted by Crippen LogP contribution is -2.36.